The molecule has 1 aromatic carbocycles. The molecule has 0 amide bonds. The lowest BCUT2D eigenvalue weighted by Crippen LogP contribution is -2.43. The summed E-state index contributed by atoms with van der Waals surface area (Å²) >= 11 is 0. The molecule has 1 aliphatic heterocycles. The summed E-state index contributed by atoms with van der Waals surface area (Å²) in [5, 5.41) is 4.25. The lowest BCUT2D eigenvalue weighted by molar-refractivity contribution is -0.0405. The van der Waals surface area contributed by atoms with E-state index in [1.54, 1.807) is 12.5 Å². The molecule has 0 bridgehead atoms. The summed E-state index contributed by atoms with van der Waals surface area (Å²) in [4.78, 5) is 6.99. The maximum absolute atomic E-state index is 5.86. The van der Waals surface area contributed by atoms with Crippen LogP contribution in [-0.4, -0.2) is 45.5 Å². The molecule has 6 heteroatoms. The van der Waals surface area contributed by atoms with Crippen molar-refractivity contribution in [1.82, 2.24) is 19.7 Å². The van der Waals surface area contributed by atoms with Gasteiger partial charge in [0.15, 0.2) is 0 Å². The molecule has 1 aliphatic rings. The van der Waals surface area contributed by atoms with E-state index in [0.29, 0.717) is 5.89 Å². The standard InChI is InChI=1S/C19H22N4O2/c1-15-3-5-16(6-4-15)19-21-17(14-25-19)11-22-9-10-24-18(12-22)13-23-8-2-7-20-23/h2-8,14,18H,9-13H2,1H3/t18-/m0/s1. The van der Waals surface area contributed by atoms with Gasteiger partial charge in [0.05, 0.1) is 24.9 Å². The fraction of sp³-hybridized carbons (Fsp3) is 0.368. The van der Waals surface area contributed by atoms with Crippen molar-refractivity contribution in [3.63, 3.8) is 0 Å². The van der Waals surface area contributed by atoms with Crippen molar-refractivity contribution in [2.45, 2.75) is 26.1 Å². The first-order valence-corrected chi connectivity index (χ1v) is 8.59. The Hall–Kier alpha value is -2.44. The van der Waals surface area contributed by atoms with Gasteiger partial charge in [0.25, 0.3) is 0 Å². The summed E-state index contributed by atoms with van der Waals surface area (Å²) in [6.45, 7) is 6.12. The summed E-state index contributed by atoms with van der Waals surface area (Å²) in [6, 6.07) is 10.2. The third-order valence-electron chi connectivity index (χ3n) is 4.41. The third kappa shape index (κ3) is 3.97. The van der Waals surface area contributed by atoms with E-state index in [1.807, 2.05) is 29.1 Å². The zero-order valence-corrected chi connectivity index (χ0v) is 14.3. The van der Waals surface area contributed by atoms with Gasteiger partial charge >= 0.3 is 0 Å². The van der Waals surface area contributed by atoms with Crippen LogP contribution in [0.1, 0.15) is 11.3 Å². The molecule has 1 atom stereocenters. The van der Waals surface area contributed by atoms with Crippen LogP contribution in [0.4, 0.5) is 0 Å². The normalized spacial score (nSPS) is 18.5. The molecule has 0 N–H and O–H groups in total. The predicted octanol–water partition coefficient (Wildman–Crippen LogP) is 2.75. The average Bonchev–Trinajstić information content (AvgIpc) is 3.28. The monoisotopic (exact) mass is 338 g/mol. The lowest BCUT2D eigenvalue weighted by atomic mass is 10.1. The van der Waals surface area contributed by atoms with Crippen LogP contribution in [0, 0.1) is 6.92 Å². The molecule has 6 nitrogen and oxygen atoms in total. The maximum Gasteiger partial charge on any atom is 0.226 e. The summed E-state index contributed by atoms with van der Waals surface area (Å²) in [5.74, 6) is 0.677. The Morgan fingerprint density at radius 3 is 2.92 bits per heavy atom. The van der Waals surface area contributed by atoms with Gasteiger partial charge in [-0.1, -0.05) is 17.7 Å². The molecule has 1 saturated heterocycles. The number of hydrogen-bond donors (Lipinski definition) is 0. The van der Waals surface area contributed by atoms with Crippen molar-refractivity contribution >= 4 is 0 Å². The van der Waals surface area contributed by atoms with Gasteiger partial charge in [-0.3, -0.25) is 9.58 Å². The highest BCUT2D eigenvalue weighted by Crippen LogP contribution is 2.20. The van der Waals surface area contributed by atoms with Crippen LogP contribution in [0.15, 0.2) is 53.4 Å². The highest BCUT2D eigenvalue weighted by atomic mass is 16.5. The largest absolute Gasteiger partial charge is 0.444 e. The van der Waals surface area contributed by atoms with E-state index in [1.165, 1.54) is 5.56 Å². The second-order valence-electron chi connectivity index (χ2n) is 6.47. The number of oxazole rings is 1. The first-order chi connectivity index (χ1) is 12.3. The second-order valence-corrected chi connectivity index (χ2v) is 6.47. The molecule has 0 radical (unpaired) electrons. The van der Waals surface area contributed by atoms with Gasteiger partial charge in [0.2, 0.25) is 5.89 Å². The number of nitrogens with zero attached hydrogens (tertiary/aromatic N) is 4. The first kappa shape index (κ1) is 16.1. The van der Waals surface area contributed by atoms with Crippen molar-refractivity contribution in [1.29, 1.82) is 0 Å². The molecule has 2 aromatic heterocycles. The Morgan fingerprint density at radius 2 is 2.12 bits per heavy atom. The average molecular weight is 338 g/mol. The first-order valence-electron chi connectivity index (χ1n) is 8.59. The van der Waals surface area contributed by atoms with Crippen LogP contribution in [0.3, 0.4) is 0 Å². The highest BCUT2D eigenvalue weighted by molar-refractivity contribution is 5.53. The fourth-order valence-electron chi connectivity index (χ4n) is 3.09. The number of rotatable bonds is 5. The predicted molar refractivity (Wildman–Crippen MR) is 93.9 cm³/mol. The highest BCUT2D eigenvalue weighted by Gasteiger charge is 2.22. The number of aromatic nitrogens is 3. The van der Waals surface area contributed by atoms with Crippen LogP contribution in [0.25, 0.3) is 11.5 Å². The van der Waals surface area contributed by atoms with Crippen molar-refractivity contribution in [2.75, 3.05) is 19.7 Å². The van der Waals surface area contributed by atoms with Crippen molar-refractivity contribution in [3.8, 4) is 11.5 Å². The quantitative estimate of drug-likeness (QED) is 0.716. The zero-order valence-electron chi connectivity index (χ0n) is 14.3. The lowest BCUT2D eigenvalue weighted by Gasteiger charge is -2.32. The Bertz CT molecular complexity index is 795. The van der Waals surface area contributed by atoms with E-state index in [-0.39, 0.29) is 6.10 Å². The Balaban J connectivity index is 1.37. The van der Waals surface area contributed by atoms with Crippen LogP contribution >= 0.6 is 0 Å². The number of morpholine rings is 1. The summed E-state index contributed by atoms with van der Waals surface area (Å²) in [5.41, 5.74) is 3.19. The van der Waals surface area contributed by atoms with Crippen LogP contribution in [0.5, 0.6) is 0 Å². The van der Waals surface area contributed by atoms with Gasteiger partial charge in [-0.25, -0.2) is 4.98 Å². The molecular formula is C19H22N4O2. The smallest absolute Gasteiger partial charge is 0.226 e. The maximum atomic E-state index is 5.86. The molecular weight excluding hydrogens is 316 g/mol. The number of ether oxygens (including phenoxy) is 1. The van der Waals surface area contributed by atoms with Gasteiger partial charge in [-0.15, -0.1) is 0 Å². The minimum Gasteiger partial charge on any atom is -0.444 e. The molecule has 0 saturated carbocycles. The van der Waals surface area contributed by atoms with E-state index in [0.717, 1.165) is 44.0 Å². The molecule has 0 unspecified atom stereocenters. The van der Waals surface area contributed by atoms with Crippen molar-refractivity contribution in [2.24, 2.45) is 0 Å². The number of benzene rings is 1. The molecule has 0 aliphatic carbocycles. The zero-order chi connectivity index (χ0) is 17.1. The van der Waals surface area contributed by atoms with Gasteiger partial charge < -0.3 is 9.15 Å². The third-order valence-corrected chi connectivity index (χ3v) is 4.41. The second kappa shape index (κ2) is 7.21. The van der Waals surface area contributed by atoms with Crippen LogP contribution < -0.4 is 0 Å². The SMILES string of the molecule is Cc1ccc(-c2nc(CN3CCO[C@H](Cn4cccn4)C3)co2)cc1. The van der Waals surface area contributed by atoms with Gasteiger partial charge in [-0.2, -0.15) is 5.10 Å². The molecule has 25 heavy (non-hydrogen) atoms. The van der Waals surface area contributed by atoms with Gasteiger partial charge in [-0.05, 0) is 25.1 Å². The van der Waals surface area contributed by atoms with Gasteiger partial charge in [0.1, 0.15) is 6.26 Å². The van der Waals surface area contributed by atoms with Crippen molar-refractivity contribution < 1.29 is 9.15 Å². The van der Waals surface area contributed by atoms with Crippen LogP contribution in [-0.2, 0) is 17.8 Å². The molecule has 3 heterocycles. The van der Waals surface area contributed by atoms with Gasteiger partial charge in [0, 0.05) is 37.6 Å². The van der Waals surface area contributed by atoms with E-state index >= 15 is 0 Å². The summed E-state index contributed by atoms with van der Waals surface area (Å²) in [6.07, 6.45) is 5.67. The number of aryl methyl sites for hydroxylation is 1. The molecule has 130 valence electrons. The van der Waals surface area contributed by atoms with E-state index in [9.17, 15) is 0 Å². The van der Waals surface area contributed by atoms with E-state index in [4.69, 9.17) is 9.15 Å². The summed E-state index contributed by atoms with van der Waals surface area (Å²) in [7, 11) is 0. The fourth-order valence-corrected chi connectivity index (χ4v) is 3.09. The van der Waals surface area contributed by atoms with Crippen molar-refractivity contribution in [3.05, 3.63) is 60.2 Å². The minimum atomic E-state index is 0.150. The molecule has 0 spiro atoms. The summed E-state index contributed by atoms with van der Waals surface area (Å²) < 4.78 is 13.4. The van der Waals surface area contributed by atoms with E-state index < -0.39 is 0 Å². The molecule has 3 aromatic rings. The topological polar surface area (TPSA) is 56.3 Å². The Kier molecular flexibility index (Phi) is 4.63. The Labute approximate surface area is 147 Å². The molecule has 1 fully saturated rings. The molecule has 4 rings (SSSR count). The van der Waals surface area contributed by atoms with E-state index in [2.05, 4.69) is 34.0 Å². The van der Waals surface area contributed by atoms with Crippen LogP contribution in [0.2, 0.25) is 0 Å². The minimum absolute atomic E-state index is 0.150. The Morgan fingerprint density at radius 1 is 1.24 bits per heavy atom. The number of hydrogen-bond acceptors (Lipinski definition) is 5.